The van der Waals surface area contributed by atoms with Crippen molar-refractivity contribution in [1.29, 1.82) is 0 Å². The van der Waals surface area contributed by atoms with Gasteiger partial charge in [0.05, 0.1) is 17.0 Å². The topological polar surface area (TPSA) is 108 Å². The second-order valence-electron chi connectivity index (χ2n) is 3.68. The summed E-state index contributed by atoms with van der Waals surface area (Å²) in [7, 11) is 0.900. The number of halogens is 2. The minimum Gasteiger partial charge on any atom is -0.358 e. The summed E-state index contributed by atoms with van der Waals surface area (Å²) in [6, 6.07) is 3.41. The van der Waals surface area contributed by atoms with Crippen molar-refractivity contribution in [3.63, 3.8) is 0 Å². The molecule has 0 aliphatic rings. The molecule has 0 aliphatic heterocycles. The first-order chi connectivity index (χ1) is 9.27. The first-order valence-electron chi connectivity index (χ1n) is 5.04. The fraction of sp³-hybridized carbons (Fsp3) is 0.111. The molecule has 0 saturated carbocycles. The van der Waals surface area contributed by atoms with Gasteiger partial charge in [-0.2, -0.15) is 4.68 Å². The highest BCUT2D eigenvalue weighted by atomic mass is 79.9. The molecular weight excluding hydrogens is 376 g/mol. The number of pyridine rings is 1. The highest BCUT2D eigenvalue weighted by Crippen LogP contribution is 2.25. The quantitative estimate of drug-likeness (QED) is 0.455. The molecule has 0 N–H and O–H groups in total. The van der Waals surface area contributed by atoms with Gasteiger partial charge in [0.25, 0.3) is 9.05 Å². The third kappa shape index (κ3) is 3.32. The maximum Gasteiger partial charge on any atom is 0.410 e. The van der Waals surface area contributed by atoms with E-state index in [9.17, 15) is 18.5 Å². The highest BCUT2D eigenvalue weighted by Gasteiger charge is 2.29. The smallest absolute Gasteiger partial charge is 0.358 e. The Bertz CT molecular complexity index is 759. The van der Waals surface area contributed by atoms with Crippen molar-refractivity contribution in [3.8, 4) is 0 Å². The lowest BCUT2D eigenvalue weighted by molar-refractivity contribution is -0.392. The Morgan fingerprint density at radius 1 is 1.45 bits per heavy atom. The molecule has 0 amide bonds. The molecule has 11 heteroatoms. The minimum absolute atomic E-state index is 0.0839. The normalized spacial score (nSPS) is 11.5. The van der Waals surface area contributed by atoms with E-state index in [0.717, 1.165) is 15.4 Å². The SMILES string of the molecule is O=[N+]([O-])c1nn(Cc2ccc(Br)cn2)cc1S(=O)(=O)Cl. The van der Waals surface area contributed by atoms with Crippen LogP contribution in [-0.2, 0) is 15.6 Å². The van der Waals surface area contributed by atoms with E-state index >= 15 is 0 Å². The summed E-state index contributed by atoms with van der Waals surface area (Å²) in [4.78, 5) is 13.3. The molecule has 8 nitrogen and oxygen atoms in total. The predicted octanol–water partition coefficient (Wildman–Crippen LogP) is 1.92. The van der Waals surface area contributed by atoms with Crippen LogP contribution < -0.4 is 0 Å². The summed E-state index contributed by atoms with van der Waals surface area (Å²) in [6.45, 7) is 0.0839. The Labute approximate surface area is 126 Å². The summed E-state index contributed by atoms with van der Waals surface area (Å²) in [5.41, 5.74) is 0.559. The molecule has 2 aromatic heterocycles. The summed E-state index contributed by atoms with van der Waals surface area (Å²) in [5, 5.41) is 14.4. The van der Waals surface area contributed by atoms with E-state index in [-0.39, 0.29) is 6.54 Å². The van der Waals surface area contributed by atoms with E-state index in [4.69, 9.17) is 10.7 Å². The van der Waals surface area contributed by atoms with Gasteiger partial charge in [0, 0.05) is 21.4 Å². The first kappa shape index (κ1) is 14.9. The van der Waals surface area contributed by atoms with Crippen LogP contribution in [0.5, 0.6) is 0 Å². The number of hydrogen-bond acceptors (Lipinski definition) is 6. The zero-order valence-electron chi connectivity index (χ0n) is 9.60. The third-order valence-electron chi connectivity index (χ3n) is 2.26. The van der Waals surface area contributed by atoms with Crippen LogP contribution in [-0.4, -0.2) is 28.1 Å². The average Bonchev–Trinajstić information content (AvgIpc) is 2.76. The predicted molar refractivity (Wildman–Crippen MR) is 73.0 cm³/mol. The van der Waals surface area contributed by atoms with Crippen LogP contribution in [0.2, 0.25) is 0 Å². The first-order valence-corrected chi connectivity index (χ1v) is 8.14. The largest absolute Gasteiger partial charge is 0.410 e. The van der Waals surface area contributed by atoms with Gasteiger partial charge in [-0.1, -0.05) is 0 Å². The van der Waals surface area contributed by atoms with Gasteiger partial charge in [0.1, 0.15) is 6.54 Å². The van der Waals surface area contributed by atoms with Gasteiger partial charge in [-0.3, -0.25) is 4.98 Å². The van der Waals surface area contributed by atoms with E-state index < -0.39 is 24.7 Å². The van der Waals surface area contributed by atoms with Crippen molar-refractivity contribution in [3.05, 3.63) is 44.8 Å². The number of nitrogens with zero attached hydrogens (tertiary/aromatic N) is 4. The van der Waals surface area contributed by atoms with Gasteiger partial charge in [-0.05, 0) is 33.0 Å². The molecule has 0 fully saturated rings. The van der Waals surface area contributed by atoms with Crippen molar-refractivity contribution in [2.45, 2.75) is 11.4 Å². The molecule has 0 bridgehead atoms. The van der Waals surface area contributed by atoms with Crippen LogP contribution in [0, 0.1) is 10.1 Å². The maximum atomic E-state index is 11.3. The van der Waals surface area contributed by atoms with E-state index in [2.05, 4.69) is 26.0 Å². The molecule has 106 valence electrons. The van der Waals surface area contributed by atoms with Crippen molar-refractivity contribution < 1.29 is 13.3 Å². The zero-order chi connectivity index (χ0) is 14.9. The molecule has 0 aliphatic carbocycles. The van der Waals surface area contributed by atoms with Crippen LogP contribution in [0.25, 0.3) is 0 Å². The average molecular weight is 382 g/mol. The van der Waals surface area contributed by atoms with E-state index in [1.165, 1.54) is 0 Å². The van der Waals surface area contributed by atoms with E-state index in [0.29, 0.717) is 5.69 Å². The number of rotatable bonds is 4. The van der Waals surface area contributed by atoms with Gasteiger partial charge in [0.15, 0.2) is 0 Å². The molecule has 2 aromatic rings. The molecule has 0 atom stereocenters. The number of aromatic nitrogens is 3. The molecule has 2 heterocycles. The fourth-order valence-electron chi connectivity index (χ4n) is 1.44. The fourth-order valence-corrected chi connectivity index (χ4v) is 2.58. The van der Waals surface area contributed by atoms with Crippen molar-refractivity contribution in [1.82, 2.24) is 14.8 Å². The van der Waals surface area contributed by atoms with Gasteiger partial charge in [0.2, 0.25) is 4.90 Å². The Morgan fingerprint density at radius 2 is 2.15 bits per heavy atom. The van der Waals surface area contributed by atoms with Crippen molar-refractivity contribution >= 4 is 41.5 Å². The van der Waals surface area contributed by atoms with Crippen LogP contribution >= 0.6 is 26.6 Å². The van der Waals surface area contributed by atoms with Gasteiger partial charge < -0.3 is 10.1 Å². The molecular formula is C9H6BrClN4O4S. The van der Waals surface area contributed by atoms with Crippen LogP contribution in [0.1, 0.15) is 5.69 Å². The second-order valence-corrected chi connectivity index (χ2v) is 7.13. The Hall–Kier alpha value is -1.52. The van der Waals surface area contributed by atoms with E-state index in [1.54, 1.807) is 18.3 Å². The monoisotopic (exact) mass is 380 g/mol. The summed E-state index contributed by atoms with van der Waals surface area (Å²) >= 11 is 3.22. The molecule has 2 rings (SSSR count). The van der Waals surface area contributed by atoms with Crippen LogP contribution in [0.4, 0.5) is 5.82 Å². The van der Waals surface area contributed by atoms with Crippen molar-refractivity contribution in [2.75, 3.05) is 0 Å². The van der Waals surface area contributed by atoms with Crippen molar-refractivity contribution in [2.24, 2.45) is 0 Å². The molecule has 0 saturated heterocycles. The van der Waals surface area contributed by atoms with Gasteiger partial charge in [-0.15, -0.1) is 0 Å². The lowest BCUT2D eigenvalue weighted by atomic mass is 10.3. The molecule has 0 spiro atoms. The van der Waals surface area contributed by atoms with Crippen LogP contribution in [0.15, 0.2) is 33.9 Å². The zero-order valence-corrected chi connectivity index (χ0v) is 12.8. The Kier molecular flexibility index (Phi) is 4.06. The summed E-state index contributed by atoms with van der Waals surface area (Å²) in [6.07, 6.45) is 2.55. The number of hydrogen-bond donors (Lipinski definition) is 0. The maximum absolute atomic E-state index is 11.3. The van der Waals surface area contributed by atoms with Gasteiger partial charge in [-0.25, -0.2) is 8.42 Å². The van der Waals surface area contributed by atoms with E-state index in [1.807, 2.05) is 0 Å². The third-order valence-corrected chi connectivity index (χ3v) is 4.04. The van der Waals surface area contributed by atoms with Gasteiger partial charge >= 0.3 is 5.82 Å². The lowest BCUT2D eigenvalue weighted by Crippen LogP contribution is -2.02. The minimum atomic E-state index is -4.24. The number of nitro groups is 1. The summed E-state index contributed by atoms with van der Waals surface area (Å²) in [5.74, 6) is -0.808. The molecule has 0 unspecified atom stereocenters. The Balaban J connectivity index is 2.39. The molecule has 0 aromatic carbocycles. The Morgan fingerprint density at radius 3 is 2.60 bits per heavy atom. The molecule has 20 heavy (non-hydrogen) atoms. The molecule has 0 radical (unpaired) electrons. The van der Waals surface area contributed by atoms with Crippen LogP contribution in [0.3, 0.4) is 0 Å². The lowest BCUT2D eigenvalue weighted by Gasteiger charge is -1.97. The standard InChI is InChI=1S/C9H6BrClN4O4S/c10-6-1-2-7(12-3-6)4-14-5-8(20(11,18)19)9(13-14)15(16)17/h1-3,5H,4H2. The second kappa shape index (κ2) is 5.46. The summed E-state index contributed by atoms with van der Waals surface area (Å²) < 4.78 is 24.4. The highest BCUT2D eigenvalue weighted by molar-refractivity contribution is 9.10.